The largest absolute Gasteiger partial charge is 0.393 e. The Morgan fingerprint density at radius 2 is 1.87 bits per heavy atom. The molecule has 0 aromatic carbocycles. The summed E-state index contributed by atoms with van der Waals surface area (Å²) in [6, 6.07) is 0. The van der Waals surface area contributed by atoms with E-state index in [-0.39, 0.29) is 11.3 Å². The fourth-order valence-corrected chi connectivity index (χ4v) is 6.31. The van der Waals surface area contributed by atoms with E-state index in [9.17, 15) is 14.6 Å². The highest BCUT2D eigenvalue weighted by atomic mass is 19.1. The summed E-state index contributed by atoms with van der Waals surface area (Å²) >= 11 is 0. The van der Waals surface area contributed by atoms with Crippen LogP contribution in [0, 0.1) is 29.1 Å². The first-order valence-corrected chi connectivity index (χ1v) is 12.3. The normalized spacial score (nSPS) is 39.3. The van der Waals surface area contributed by atoms with Gasteiger partial charge in [0.25, 0.3) is 0 Å². The van der Waals surface area contributed by atoms with E-state index in [0.29, 0.717) is 30.6 Å². The van der Waals surface area contributed by atoms with Gasteiger partial charge in [-0.05, 0) is 86.7 Å². The van der Waals surface area contributed by atoms with Crippen molar-refractivity contribution in [3.63, 3.8) is 0 Å². The fourth-order valence-electron chi connectivity index (χ4n) is 6.31. The number of allylic oxidation sites excluding steroid dienone is 5. The molecule has 0 radical (unpaired) electrons. The molecule has 2 N–H and O–H groups in total. The van der Waals surface area contributed by atoms with E-state index in [1.165, 1.54) is 31.3 Å². The van der Waals surface area contributed by atoms with E-state index in [4.69, 9.17) is 0 Å². The molecule has 2 nitrogen and oxygen atoms in total. The van der Waals surface area contributed by atoms with Crippen molar-refractivity contribution in [3.8, 4) is 0 Å². The minimum Gasteiger partial charge on any atom is -0.393 e. The fraction of sp³-hybridized carbons (Fsp3) is 0.714. The van der Waals surface area contributed by atoms with E-state index < -0.39 is 17.9 Å². The average molecular weight is 431 g/mol. The highest BCUT2D eigenvalue weighted by Gasteiger charge is 2.50. The number of halogens is 1. The third kappa shape index (κ3) is 5.25. The Balaban J connectivity index is 1.76. The topological polar surface area (TPSA) is 40.5 Å². The molecular weight excluding hydrogens is 387 g/mol. The Kier molecular flexibility index (Phi) is 7.38. The van der Waals surface area contributed by atoms with Gasteiger partial charge in [-0.3, -0.25) is 0 Å². The van der Waals surface area contributed by atoms with Crippen LogP contribution in [0.15, 0.2) is 47.6 Å². The number of hydrogen-bond donors (Lipinski definition) is 2. The summed E-state index contributed by atoms with van der Waals surface area (Å²) in [6.07, 6.45) is 14.6. The van der Waals surface area contributed by atoms with Crippen molar-refractivity contribution in [1.82, 2.24) is 0 Å². The van der Waals surface area contributed by atoms with E-state index in [1.54, 1.807) is 13.8 Å². The lowest BCUT2D eigenvalue weighted by atomic mass is 9.61. The van der Waals surface area contributed by atoms with Crippen molar-refractivity contribution in [3.05, 3.63) is 47.6 Å². The summed E-state index contributed by atoms with van der Waals surface area (Å²) in [4.78, 5) is 0. The molecule has 0 bridgehead atoms. The van der Waals surface area contributed by atoms with Gasteiger partial charge in [-0.2, -0.15) is 0 Å². The van der Waals surface area contributed by atoms with E-state index in [2.05, 4.69) is 44.7 Å². The van der Waals surface area contributed by atoms with Crippen LogP contribution in [0.25, 0.3) is 0 Å². The summed E-state index contributed by atoms with van der Waals surface area (Å²) in [6.45, 7) is 14.1. The van der Waals surface area contributed by atoms with Gasteiger partial charge >= 0.3 is 0 Å². The number of rotatable bonds is 5. The highest BCUT2D eigenvalue weighted by Crippen LogP contribution is 2.59. The quantitative estimate of drug-likeness (QED) is 0.476. The first-order chi connectivity index (χ1) is 14.4. The number of aliphatic hydroxyl groups is 2. The summed E-state index contributed by atoms with van der Waals surface area (Å²) in [7, 11) is 0. The van der Waals surface area contributed by atoms with Crippen LogP contribution in [0.3, 0.4) is 0 Å². The molecule has 3 rings (SSSR count). The zero-order valence-corrected chi connectivity index (χ0v) is 20.2. The maximum Gasteiger partial charge on any atom is 0.111 e. The van der Waals surface area contributed by atoms with Crippen LogP contribution >= 0.6 is 0 Å². The maximum atomic E-state index is 14.2. The summed E-state index contributed by atoms with van der Waals surface area (Å²) in [5.41, 5.74) is 2.36. The molecule has 0 amide bonds. The molecule has 3 aliphatic carbocycles. The van der Waals surface area contributed by atoms with Crippen molar-refractivity contribution >= 4 is 0 Å². The molecule has 3 saturated carbocycles. The maximum absolute atomic E-state index is 14.2. The van der Waals surface area contributed by atoms with Crippen molar-refractivity contribution in [2.45, 2.75) is 97.4 Å². The molecule has 7 atom stereocenters. The van der Waals surface area contributed by atoms with Gasteiger partial charge in [0.2, 0.25) is 0 Å². The van der Waals surface area contributed by atoms with Gasteiger partial charge in [0.1, 0.15) is 5.67 Å². The molecular formula is C28H43FO2. The highest BCUT2D eigenvalue weighted by molar-refractivity contribution is 5.38. The Bertz CT molecular complexity index is 755. The van der Waals surface area contributed by atoms with Crippen molar-refractivity contribution < 1.29 is 14.6 Å². The van der Waals surface area contributed by atoms with Gasteiger partial charge in [-0.25, -0.2) is 4.39 Å². The SMILES string of the molecule is C=C1C(=CC=C2CCC[C@@]3(C)C2CC[C@@H]3[C@H](C)C=C[C@H](C)C(C)(C)F)C[C@@H](O)C[C@H]1O. The Morgan fingerprint density at radius 3 is 2.55 bits per heavy atom. The average Bonchev–Trinajstić information content (AvgIpc) is 3.04. The number of fused-ring (bicyclic) bond motifs is 1. The van der Waals surface area contributed by atoms with Crippen LogP contribution < -0.4 is 0 Å². The van der Waals surface area contributed by atoms with Gasteiger partial charge in [-0.1, -0.05) is 57.2 Å². The number of hydrogen-bond acceptors (Lipinski definition) is 2. The lowest BCUT2D eigenvalue weighted by molar-refractivity contribution is 0.0862. The predicted octanol–water partition coefficient (Wildman–Crippen LogP) is 6.70. The van der Waals surface area contributed by atoms with E-state index in [1.807, 2.05) is 6.92 Å². The summed E-state index contributed by atoms with van der Waals surface area (Å²) in [5, 5.41) is 20.2. The molecule has 0 aromatic rings. The Morgan fingerprint density at radius 1 is 1.16 bits per heavy atom. The monoisotopic (exact) mass is 430 g/mol. The molecule has 0 heterocycles. The van der Waals surface area contributed by atoms with Crippen LogP contribution in [0.2, 0.25) is 0 Å². The third-order valence-corrected chi connectivity index (χ3v) is 8.72. The van der Waals surface area contributed by atoms with E-state index >= 15 is 0 Å². The second kappa shape index (κ2) is 9.35. The number of aliphatic hydroxyl groups excluding tert-OH is 2. The molecule has 0 aliphatic heterocycles. The summed E-state index contributed by atoms with van der Waals surface area (Å²) < 4.78 is 14.2. The van der Waals surface area contributed by atoms with Gasteiger partial charge in [0.15, 0.2) is 0 Å². The molecule has 3 fully saturated rings. The van der Waals surface area contributed by atoms with Crippen LogP contribution in [-0.4, -0.2) is 28.1 Å². The second-order valence-corrected chi connectivity index (χ2v) is 11.3. The van der Waals surface area contributed by atoms with E-state index in [0.717, 1.165) is 17.6 Å². The van der Waals surface area contributed by atoms with Crippen molar-refractivity contribution in [1.29, 1.82) is 0 Å². The van der Waals surface area contributed by atoms with Gasteiger partial charge in [0.05, 0.1) is 12.2 Å². The first kappa shape index (κ1) is 24.5. The Hall–Kier alpha value is -1.19. The third-order valence-electron chi connectivity index (χ3n) is 8.72. The zero-order valence-electron chi connectivity index (χ0n) is 20.2. The lowest BCUT2D eigenvalue weighted by Crippen LogP contribution is -2.35. The minimum absolute atomic E-state index is 0.0808. The molecule has 0 saturated heterocycles. The molecule has 31 heavy (non-hydrogen) atoms. The molecule has 0 spiro atoms. The molecule has 1 unspecified atom stereocenters. The second-order valence-electron chi connectivity index (χ2n) is 11.3. The van der Waals surface area contributed by atoms with Crippen LogP contribution in [0.4, 0.5) is 4.39 Å². The minimum atomic E-state index is -1.18. The molecule has 3 aliphatic rings. The van der Waals surface area contributed by atoms with Crippen LogP contribution in [0.1, 0.15) is 79.6 Å². The van der Waals surface area contributed by atoms with Crippen molar-refractivity contribution in [2.24, 2.45) is 29.1 Å². The van der Waals surface area contributed by atoms with Gasteiger partial charge in [0, 0.05) is 12.3 Å². The van der Waals surface area contributed by atoms with Gasteiger partial charge < -0.3 is 10.2 Å². The number of alkyl halides is 1. The van der Waals surface area contributed by atoms with Crippen LogP contribution in [-0.2, 0) is 0 Å². The van der Waals surface area contributed by atoms with Crippen molar-refractivity contribution in [2.75, 3.05) is 0 Å². The standard InChI is InChI=1S/C28H43FO2/c1-18(9-10-19(2)27(4,5)29)24-13-14-25-21(8-7-15-28(24,25)6)11-12-22-16-23(30)17-26(31)20(22)3/h9-12,18-19,23-26,30-31H,3,7-8,13-17H2,1-2,4-6H3/t18-,19+,23-,24-,25?,26-,28-/m1/s1. The summed E-state index contributed by atoms with van der Waals surface area (Å²) in [5.74, 6) is 1.57. The zero-order chi connectivity index (χ0) is 23.0. The lowest BCUT2D eigenvalue weighted by Gasteiger charge is -2.44. The predicted molar refractivity (Wildman–Crippen MR) is 127 cm³/mol. The Labute approximate surface area is 189 Å². The first-order valence-electron chi connectivity index (χ1n) is 12.3. The molecule has 3 heteroatoms. The van der Waals surface area contributed by atoms with Gasteiger partial charge in [-0.15, -0.1) is 0 Å². The molecule has 0 aromatic heterocycles. The smallest absolute Gasteiger partial charge is 0.111 e. The van der Waals surface area contributed by atoms with Crippen LogP contribution in [0.5, 0.6) is 0 Å². The molecule has 174 valence electrons.